The minimum atomic E-state index is -0.446. The molecule has 1 aliphatic carbocycles. The Morgan fingerprint density at radius 2 is 1.83 bits per heavy atom. The van der Waals surface area contributed by atoms with E-state index in [0.717, 1.165) is 42.4 Å². The lowest BCUT2D eigenvalue weighted by atomic mass is 9.96. The topological polar surface area (TPSA) is 99.4 Å². The van der Waals surface area contributed by atoms with Gasteiger partial charge in [0.15, 0.2) is 0 Å². The summed E-state index contributed by atoms with van der Waals surface area (Å²) in [5, 5.41) is 10.7. The second-order valence-electron chi connectivity index (χ2n) is 8.51. The highest BCUT2D eigenvalue weighted by Crippen LogP contribution is 2.35. The fraction of sp³-hybridized carbons (Fsp3) is 0.259. The van der Waals surface area contributed by atoms with Crippen LogP contribution < -0.4 is 14.8 Å². The van der Waals surface area contributed by atoms with Crippen LogP contribution in [-0.2, 0) is 6.61 Å². The Morgan fingerprint density at radius 3 is 2.63 bits per heavy atom. The third-order valence-electron chi connectivity index (χ3n) is 5.98. The van der Waals surface area contributed by atoms with Crippen molar-refractivity contribution in [3.05, 3.63) is 78.9 Å². The first-order chi connectivity index (χ1) is 17.2. The molecule has 4 aromatic rings. The molecule has 0 unspecified atom stereocenters. The van der Waals surface area contributed by atoms with Crippen LogP contribution in [0.25, 0.3) is 22.6 Å². The van der Waals surface area contributed by atoms with E-state index in [0.29, 0.717) is 29.6 Å². The summed E-state index contributed by atoms with van der Waals surface area (Å²) >= 11 is 0. The lowest BCUT2D eigenvalue weighted by molar-refractivity contribution is 0.192. The van der Waals surface area contributed by atoms with Crippen molar-refractivity contribution >= 4 is 6.09 Å². The highest BCUT2D eigenvalue weighted by atomic mass is 16.6. The Balaban J connectivity index is 1.41. The van der Waals surface area contributed by atoms with Crippen molar-refractivity contribution in [1.29, 1.82) is 0 Å². The van der Waals surface area contributed by atoms with Crippen molar-refractivity contribution in [2.45, 2.75) is 44.8 Å². The number of hydrogen-bond acceptors (Lipinski definition) is 7. The average molecular weight is 471 g/mol. The molecule has 8 nitrogen and oxygen atoms in total. The van der Waals surface area contributed by atoms with E-state index in [9.17, 15) is 4.79 Å². The van der Waals surface area contributed by atoms with E-state index in [1.54, 1.807) is 30.6 Å². The van der Waals surface area contributed by atoms with Gasteiger partial charge in [-0.2, -0.15) is 0 Å². The number of benzene rings is 2. The Kier molecular flexibility index (Phi) is 6.98. The second-order valence-corrected chi connectivity index (χ2v) is 8.51. The second kappa shape index (κ2) is 10.8. The first-order valence-electron chi connectivity index (χ1n) is 11.8. The minimum absolute atomic E-state index is 0.166. The molecule has 0 saturated heterocycles. The maximum absolute atomic E-state index is 12.5. The molecule has 0 aliphatic heterocycles. The Morgan fingerprint density at radius 1 is 1.00 bits per heavy atom. The monoisotopic (exact) mass is 470 g/mol. The van der Waals surface area contributed by atoms with E-state index >= 15 is 0 Å². The number of nitrogens with one attached hydrogen (secondary N) is 1. The van der Waals surface area contributed by atoms with E-state index in [1.807, 2.05) is 36.4 Å². The number of aromatic nitrogens is 3. The Bertz CT molecular complexity index is 1260. The molecule has 0 radical (unpaired) electrons. The molecule has 1 amide bonds. The molecule has 1 N–H and O–H groups in total. The predicted octanol–water partition coefficient (Wildman–Crippen LogP) is 5.80. The first-order valence-corrected chi connectivity index (χ1v) is 11.8. The number of amides is 1. The van der Waals surface area contributed by atoms with Crippen molar-refractivity contribution in [2.75, 3.05) is 0 Å². The fourth-order valence-electron chi connectivity index (χ4n) is 4.21. The van der Waals surface area contributed by atoms with Crippen LogP contribution in [0.15, 0.2) is 77.8 Å². The fourth-order valence-corrected chi connectivity index (χ4v) is 4.21. The molecule has 8 heteroatoms. The molecule has 1 saturated carbocycles. The van der Waals surface area contributed by atoms with Crippen LogP contribution in [0.3, 0.4) is 0 Å². The van der Waals surface area contributed by atoms with Gasteiger partial charge in [-0.15, -0.1) is 10.2 Å². The molecular formula is C27H26N4O4. The molecule has 1 aliphatic rings. The zero-order chi connectivity index (χ0) is 23.9. The van der Waals surface area contributed by atoms with Crippen LogP contribution in [-0.4, -0.2) is 27.3 Å². The molecule has 35 heavy (non-hydrogen) atoms. The number of carbonyl (C=O) groups excluding carboxylic acids is 1. The van der Waals surface area contributed by atoms with Crippen LogP contribution in [0.5, 0.6) is 11.5 Å². The van der Waals surface area contributed by atoms with Crippen LogP contribution in [0.1, 0.15) is 37.7 Å². The molecular weight excluding hydrogens is 444 g/mol. The van der Waals surface area contributed by atoms with Gasteiger partial charge in [-0.3, -0.25) is 4.98 Å². The SMILES string of the molecule is O=C(NC1CCCCC1)Oc1ccc(OCc2ccccc2)c(-c2cncc(-c3nnco3)c2)c1. The molecule has 0 bridgehead atoms. The summed E-state index contributed by atoms with van der Waals surface area (Å²) in [6, 6.07) is 17.3. The van der Waals surface area contributed by atoms with E-state index in [1.165, 1.54) is 12.8 Å². The van der Waals surface area contributed by atoms with Crippen molar-refractivity contribution in [1.82, 2.24) is 20.5 Å². The zero-order valence-corrected chi connectivity index (χ0v) is 19.2. The molecule has 0 atom stereocenters. The minimum Gasteiger partial charge on any atom is -0.488 e. The summed E-state index contributed by atoms with van der Waals surface area (Å²) < 4.78 is 17.1. The Labute approximate surface area is 203 Å². The molecule has 0 spiro atoms. The van der Waals surface area contributed by atoms with Gasteiger partial charge in [-0.1, -0.05) is 49.6 Å². The Hall–Kier alpha value is -4.20. The highest BCUT2D eigenvalue weighted by Gasteiger charge is 2.18. The number of rotatable bonds is 7. The predicted molar refractivity (Wildman–Crippen MR) is 130 cm³/mol. The standard InChI is InChI=1S/C27H26N4O4/c32-27(30-22-9-5-2-6-10-22)35-23-11-12-25(33-17-19-7-3-1-4-8-19)24(14-23)20-13-21(16-28-15-20)26-31-29-18-34-26/h1,3-4,7-8,11-16,18,22H,2,5-6,9-10,17H2,(H,30,32). The quantitative estimate of drug-likeness (QED) is 0.364. The smallest absolute Gasteiger partial charge is 0.412 e. The normalized spacial score (nSPS) is 13.8. The average Bonchev–Trinajstić information content (AvgIpc) is 3.44. The van der Waals surface area contributed by atoms with Crippen molar-refractivity contribution in [2.24, 2.45) is 0 Å². The number of nitrogens with zero attached hydrogens (tertiary/aromatic N) is 3. The van der Waals surface area contributed by atoms with Gasteiger partial charge in [0.2, 0.25) is 12.3 Å². The van der Waals surface area contributed by atoms with Gasteiger partial charge in [0, 0.05) is 29.6 Å². The largest absolute Gasteiger partial charge is 0.488 e. The van der Waals surface area contributed by atoms with Crippen LogP contribution in [0, 0.1) is 0 Å². The third kappa shape index (κ3) is 5.84. The summed E-state index contributed by atoms with van der Waals surface area (Å²) in [5.74, 6) is 1.42. The molecule has 1 fully saturated rings. The van der Waals surface area contributed by atoms with Gasteiger partial charge in [-0.05, 0) is 42.7 Å². The van der Waals surface area contributed by atoms with Gasteiger partial charge < -0.3 is 19.2 Å². The van der Waals surface area contributed by atoms with E-state index < -0.39 is 6.09 Å². The molecule has 2 aromatic carbocycles. The maximum Gasteiger partial charge on any atom is 0.412 e. The van der Waals surface area contributed by atoms with E-state index in [-0.39, 0.29) is 6.04 Å². The van der Waals surface area contributed by atoms with E-state index in [2.05, 4.69) is 20.5 Å². The summed E-state index contributed by atoms with van der Waals surface area (Å²) in [6.07, 6.45) is 9.65. The molecule has 2 aromatic heterocycles. The van der Waals surface area contributed by atoms with Crippen LogP contribution in [0.2, 0.25) is 0 Å². The van der Waals surface area contributed by atoms with Crippen LogP contribution >= 0.6 is 0 Å². The van der Waals surface area contributed by atoms with Gasteiger partial charge >= 0.3 is 6.09 Å². The number of carbonyl (C=O) groups is 1. The summed E-state index contributed by atoms with van der Waals surface area (Å²) in [5.41, 5.74) is 3.22. The van der Waals surface area contributed by atoms with Crippen molar-refractivity contribution in [3.63, 3.8) is 0 Å². The van der Waals surface area contributed by atoms with Gasteiger partial charge in [0.25, 0.3) is 0 Å². The third-order valence-corrected chi connectivity index (χ3v) is 5.98. The first kappa shape index (κ1) is 22.6. The zero-order valence-electron chi connectivity index (χ0n) is 19.2. The highest BCUT2D eigenvalue weighted by molar-refractivity contribution is 5.76. The molecule has 2 heterocycles. The van der Waals surface area contributed by atoms with Gasteiger partial charge in [0.1, 0.15) is 18.1 Å². The molecule has 5 rings (SSSR count). The van der Waals surface area contributed by atoms with Gasteiger partial charge in [0.05, 0.1) is 5.56 Å². The number of hydrogen-bond donors (Lipinski definition) is 1. The summed E-state index contributed by atoms with van der Waals surface area (Å²) in [7, 11) is 0. The van der Waals surface area contributed by atoms with Crippen molar-refractivity contribution < 1.29 is 18.7 Å². The summed E-state index contributed by atoms with van der Waals surface area (Å²) in [6.45, 7) is 0.396. The van der Waals surface area contributed by atoms with Crippen molar-refractivity contribution in [3.8, 4) is 34.1 Å². The maximum atomic E-state index is 12.5. The molecule has 178 valence electrons. The number of ether oxygens (including phenoxy) is 2. The summed E-state index contributed by atoms with van der Waals surface area (Å²) in [4.78, 5) is 16.9. The lowest BCUT2D eigenvalue weighted by Crippen LogP contribution is -2.37. The van der Waals surface area contributed by atoms with Crippen LogP contribution in [0.4, 0.5) is 4.79 Å². The lowest BCUT2D eigenvalue weighted by Gasteiger charge is -2.22. The van der Waals surface area contributed by atoms with E-state index in [4.69, 9.17) is 13.9 Å². The number of pyridine rings is 1. The van der Waals surface area contributed by atoms with Gasteiger partial charge in [-0.25, -0.2) is 4.79 Å².